The fourth-order valence-corrected chi connectivity index (χ4v) is 4.74. The van der Waals surface area contributed by atoms with Crippen LogP contribution in [0.1, 0.15) is 45.5 Å². The molecule has 1 N–H and O–H groups in total. The van der Waals surface area contributed by atoms with E-state index in [1.165, 1.54) is 31.2 Å². The molecule has 0 radical (unpaired) electrons. The van der Waals surface area contributed by atoms with E-state index in [1.54, 1.807) is 60.7 Å². The Morgan fingerprint density at radius 3 is 1.88 bits per heavy atom. The topological polar surface area (TPSA) is 71.4 Å². The molecular weight excluding hydrogens is 407 g/mol. The van der Waals surface area contributed by atoms with Gasteiger partial charge in [-0.1, -0.05) is 72.8 Å². The Morgan fingerprint density at radius 1 is 0.844 bits per heavy atom. The summed E-state index contributed by atoms with van der Waals surface area (Å²) in [6.45, 7) is 1.45. The maximum Gasteiger partial charge on any atom is 0.173 e. The van der Waals surface area contributed by atoms with Gasteiger partial charge in [-0.3, -0.25) is 14.4 Å². The van der Waals surface area contributed by atoms with Crippen molar-refractivity contribution in [3.05, 3.63) is 107 Å². The number of carbonyl (C=O) groups is 3. The van der Waals surface area contributed by atoms with Crippen molar-refractivity contribution in [1.82, 2.24) is 0 Å². The molecule has 1 aliphatic carbocycles. The van der Waals surface area contributed by atoms with Crippen LogP contribution in [-0.4, -0.2) is 28.1 Å². The first kappa shape index (κ1) is 21.8. The number of Topliss-reactive ketones (excluding diaryl/α,β-unsaturated/α-hetero) is 3. The number of benzene rings is 3. The van der Waals surface area contributed by atoms with E-state index < -0.39 is 40.7 Å². The van der Waals surface area contributed by atoms with Gasteiger partial charge in [0.2, 0.25) is 0 Å². The van der Waals surface area contributed by atoms with Crippen LogP contribution < -0.4 is 0 Å². The Hall–Kier alpha value is -3.44. The minimum Gasteiger partial charge on any atom is -0.389 e. The number of hydrogen-bond donors (Lipinski definition) is 1. The largest absolute Gasteiger partial charge is 0.389 e. The molecule has 0 aromatic heterocycles. The fraction of sp³-hybridized carbons (Fsp3) is 0.222. The van der Waals surface area contributed by atoms with Crippen LogP contribution in [0.25, 0.3) is 0 Å². The van der Waals surface area contributed by atoms with Gasteiger partial charge in [-0.2, -0.15) is 0 Å². The lowest BCUT2D eigenvalue weighted by Crippen LogP contribution is -2.54. The zero-order chi connectivity index (χ0) is 22.9. The van der Waals surface area contributed by atoms with Gasteiger partial charge in [0.25, 0.3) is 0 Å². The molecule has 0 unspecified atom stereocenters. The molecule has 0 spiro atoms. The van der Waals surface area contributed by atoms with Crippen LogP contribution in [0.5, 0.6) is 0 Å². The van der Waals surface area contributed by atoms with Crippen LogP contribution in [0.15, 0.2) is 84.9 Å². The third kappa shape index (κ3) is 4.04. The minimum absolute atomic E-state index is 0.322. The third-order valence-corrected chi connectivity index (χ3v) is 6.20. The standard InChI is InChI=1S/C27H23FO4/c1-27(32)16-21(29)23(25(30)18-8-4-2-5-9-18)22(17-12-14-20(28)15-13-17)24(27)26(31)19-10-6-3-7-11-19/h2-15,22-24,32H,16H2,1H3/t22-,23+,24+,27+/m1/s1. The zero-order valence-corrected chi connectivity index (χ0v) is 17.6. The molecule has 1 saturated carbocycles. The van der Waals surface area contributed by atoms with E-state index in [2.05, 4.69) is 0 Å². The zero-order valence-electron chi connectivity index (χ0n) is 17.6. The van der Waals surface area contributed by atoms with Gasteiger partial charge in [0.15, 0.2) is 11.6 Å². The molecule has 0 amide bonds. The molecule has 1 fully saturated rings. The SMILES string of the molecule is C[C@]1(O)CC(=O)[C@H](C(=O)c2ccccc2)[C@@H](c2ccc(F)cc2)[C@H]1C(=O)c1ccccc1. The van der Waals surface area contributed by atoms with Crippen molar-refractivity contribution in [3.63, 3.8) is 0 Å². The lowest BCUT2D eigenvalue weighted by molar-refractivity contribution is -0.134. The first-order chi connectivity index (χ1) is 15.3. The second-order valence-corrected chi connectivity index (χ2v) is 8.49. The molecule has 32 heavy (non-hydrogen) atoms. The summed E-state index contributed by atoms with van der Waals surface area (Å²) in [4.78, 5) is 40.3. The average Bonchev–Trinajstić information content (AvgIpc) is 2.79. The Bertz CT molecular complexity index is 1140. The summed E-state index contributed by atoms with van der Waals surface area (Å²) in [7, 11) is 0. The molecule has 4 atom stereocenters. The minimum atomic E-state index is -1.67. The molecule has 4 nitrogen and oxygen atoms in total. The molecule has 3 aromatic rings. The third-order valence-electron chi connectivity index (χ3n) is 6.20. The van der Waals surface area contributed by atoms with E-state index >= 15 is 0 Å². The van der Waals surface area contributed by atoms with Gasteiger partial charge in [0, 0.05) is 23.5 Å². The summed E-state index contributed by atoms with van der Waals surface area (Å²) in [6, 6.07) is 22.3. The Morgan fingerprint density at radius 2 is 1.34 bits per heavy atom. The van der Waals surface area contributed by atoms with E-state index in [1.807, 2.05) is 0 Å². The van der Waals surface area contributed by atoms with Gasteiger partial charge in [0.1, 0.15) is 11.6 Å². The smallest absolute Gasteiger partial charge is 0.173 e. The van der Waals surface area contributed by atoms with Crippen molar-refractivity contribution in [2.45, 2.75) is 24.9 Å². The Labute approximate surface area is 185 Å². The van der Waals surface area contributed by atoms with Gasteiger partial charge in [0.05, 0.1) is 17.4 Å². The number of hydrogen-bond acceptors (Lipinski definition) is 4. The van der Waals surface area contributed by atoms with E-state index in [9.17, 15) is 23.9 Å². The summed E-state index contributed by atoms with van der Waals surface area (Å²) in [5.74, 6) is -4.84. The molecule has 1 aliphatic rings. The summed E-state index contributed by atoms with van der Waals surface area (Å²) >= 11 is 0. The fourth-order valence-electron chi connectivity index (χ4n) is 4.74. The van der Waals surface area contributed by atoms with Crippen molar-refractivity contribution in [3.8, 4) is 0 Å². The van der Waals surface area contributed by atoms with Gasteiger partial charge < -0.3 is 5.11 Å². The highest BCUT2D eigenvalue weighted by Gasteiger charge is 2.55. The van der Waals surface area contributed by atoms with Crippen LogP contribution in [0.3, 0.4) is 0 Å². The number of ketones is 3. The Balaban J connectivity index is 1.89. The predicted molar refractivity (Wildman–Crippen MR) is 118 cm³/mol. The molecule has 162 valence electrons. The molecule has 0 bridgehead atoms. The van der Waals surface area contributed by atoms with Gasteiger partial charge >= 0.3 is 0 Å². The molecule has 0 heterocycles. The van der Waals surface area contributed by atoms with Crippen molar-refractivity contribution in [2.24, 2.45) is 11.8 Å². The first-order valence-electron chi connectivity index (χ1n) is 10.5. The van der Waals surface area contributed by atoms with Crippen LogP contribution in [0.2, 0.25) is 0 Å². The highest BCUT2D eigenvalue weighted by Crippen LogP contribution is 2.48. The van der Waals surface area contributed by atoms with E-state index in [4.69, 9.17) is 0 Å². The summed E-state index contributed by atoms with van der Waals surface area (Å²) < 4.78 is 13.7. The van der Waals surface area contributed by atoms with Crippen LogP contribution in [0, 0.1) is 17.7 Å². The number of aliphatic hydroxyl groups is 1. The number of carbonyl (C=O) groups excluding carboxylic acids is 3. The monoisotopic (exact) mass is 430 g/mol. The molecule has 0 aliphatic heterocycles. The molecular formula is C27H23FO4. The second kappa shape index (κ2) is 8.60. The summed E-state index contributed by atoms with van der Waals surface area (Å²) in [6.07, 6.45) is -0.322. The van der Waals surface area contributed by atoms with Gasteiger partial charge in [-0.15, -0.1) is 0 Å². The lowest BCUT2D eigenvalue weighted by atomic mass is 9.58. The van der Waals surface area contributed by atoms with Crippen LogP contribution in [-0.2, 0) is 4.79 Å². The van der Waals surface area contributed by atoms with Crippen molar-refractivity contribution in [2.75, 3.05) is 0 Å². The Kier molecular flexibility index (Phi) is 5.85. The highest BCUT2D eigenvalue weighted by atomic mass is 19.1. The molecule has 3 aromatic carbocycles. The maximum absolute atomic E-state index is 13.7. The molecule has 4 rings (SSSR count). The summed E-state index contributed by atoms with van der Waals surface area (Å²) in [5, 5.41) is 11.3. The second-order valence-electron chi connectivity index (χ2n) is 8.49. The molecule has 5 heteroatoms. The van der Waals surface area contributed by atoms with Crippen molar-refractivity contribution < 1.29 is 23.9 Å². The highest BCUT2D eigenvalue weighted by molar-refractivity contribution is 6.13. The first-order valence-corrected chi connectivity index (χ1v) is 10.5. The summed E-state index contributed by atoms with van der Waals surface area (Å²) in [5.41, 5.74) is -0.477. The lowest BCUT2D eigenvalue weighted by Gasteiger charge is -2.45. The van der Waals surface area contributed by atoms with Gasteiger partial charge in [-0.25, -0.2) is 4.39 Å². The molecule has 0 saturated heterocycles. The van der Waals surface area contributed by atoms with Crippen LogP contribution >= 0.6 is 0 Å². The van der Waals surface area contributed by atoms with E-state index in [0.29, 0.717) is 16.7 Å². The number of halogens is 1. The van der Waals surface area contributed by atoms with Crippen molar-refractivity contribution in [1.29, 1.82) is 0 Å². The van der Waals surface area contributed by atoms with E-state index in [0.717, 1.165) is 0 Å². The van der Waals surface area contributed by atoms with Crippen molar-refractivity contribution >= 4 is 17.3 Å². The maximum atomic E-state index is 13.7. The quantitative estimate of drug-likeness (QED) is 0.473. The predicted octanol–water partition coefficient (Wildman–Crippen LogP) is 4.63. The van der Waals surface area contributed by atoms with E-state index in [-0.39, 0.29) is 12.2 Å². The van der Waals surface area contributed by atoms with Gasteiger partial charge in [-0.05, 0) is 24.6 Å². The normalized spacial score (nSPS) is 25.3. The average molecular weight is 430 g/mol. The van der Waals surface area contributed by atoms with Crippen LogP contribution in [0.4, 0.5) is 4.39 Å². The number of rotatable bonds is 5.